The van der Waals surface area contributed by atoms with Gasteiger partial charge in [0.2, 0.25) is 0 Å². The highest BCUT2D eigenvalue weighted by atomic mass is 19.4. The molecule has 2 aliphatic rings. The van der Waals surface area contributed by atoms with Gasteiger partial charge in [-0.1, -0.05) is 12.7 Å². The van der Waals surface area contributed by atoms with Crippen molar-refractivity contribution in [2.45, 2.75) is 57.1 Å². The highest BCUT2D eigenvalue weighted by Gasteiger charge is 2.38. The van der Waals surface area contributed by atoms with Crippen LogP contribution in [0.5, 0.6) is 0 Å². The molecule has 2 amide bonds. The van der Waals surface area contributed by atoms with Crippen molar-refractivity contribution in [2.24, 2.45) is 0 Å². The summed E-state index contributed by atoms with van der Waals surface area (Å²) in [6, 6.07) is 6.70. The van der Waals surface area contributed by atoms with E-state index in [-0.39, 0.29) is 23.5 Å². The van der Waals surface area contributed by atoms with Gasteiger partial charge in [-0.3, -0.25) is 10.1 Å². The van der Waals surface area contributed by atoms with Gasteiger partial charge in [0.1, 0.15) is 5.56 Å². The Balaban J connectivity index is 1.17. The van der Waals surface area contributed by atoms with Crippen molar-refractivity contribution < 1.29 is 40.8 Å². The zero-order valence-electron chi connectivity index (χ0n) is 25.5. The summed E-state index contributed by atoms with van der Waals surface area (Å²) in [5.74, 6) is 0.681. The second-order valence-corrected chi connectivity index (χ2v) is 11.3. The molecule has 1 saturated heterocycles. The third-order valence-electron chi connectivity index (χ3n) is 7.95. The number of anilines is 2. The number of ether oxygens (including phenoxy) is 1. The number of nitrogens with one attached hydrogen (secondary N) is 2. The van der Waals surface area contributed by atoms with Gasteiger partial charge in [0.05, 0.1) is 22.3 Å². The molecular formula is C32H35F6N5O4. The number of carbonyl (C=O) groups is 1. The first kappa shape index (κ1) is 35.2. The van der Waals surface area contributed by atoms with Crippen LogP contribution in [-0.4, -0.2) is 59.1 Å². The number of rotatable bonds is 9. The molecule has 15 heteroatoms. The summed E-state index contributed by atoms with van der Waals surface area (Å²) < 4.78 is 84.2. The molecule has 0 radical (unpaired) electrons. The van der Waals surface area contributed by atoms with Crippen molar-refractivity contribution in [1.29, 1.82) is 0 Å². The molecule has 254 valence electrons. The van der Waals surface area contributed by atoms with Crippen LogP contribution in [0.1, 0.15) is 43.7 Å². The third-order valence-corrected chi connectivity index (χ3v) is 7.95. The van der Waals surface area contributed by atoms with Crippen LogP contribution in [0, 0.1) is 10.1 Å². The van der Waals surface area contributed by atoms with E-state index in [9.17, 15) is 41.3 Å². The molecule has 2 fully saturated rings. The maximum absolute atomic E-state index is 13.3. The van der Waals surface area contributed by atoms with Crippen LogP contribution < -0.4 is 10.6 Å². The summed E-state index contributed by atoms with van der Waals surface area (Å²) in [7, 11) is 0. The van der Waals surface area contributed by atoms with Gasteiger partial charge in [0.25, 0.3) is 5.69 Å². The minimum atomic E-state index is -4.84. The van der Waals surface area contributed by atoms with E-state index in [1.54, 1.807) is 17.1 Å². The summed E-state index contributed by atoms with van der Waals surface area (Å²) in [6.45, 7) is 7.77. The second-order valence-electron chi connectivity index (χ2n) is 11.3. The summed E-state index contributed by atoms with van der Waals surface area (Å²) in [5.41, 5.74) is -1.87. The van der Waals surface area contributed by atoms with Crippen molar-refractivity contribution in [3.8, 4) is 0 Å². The van der Waals surface area contributed by atoms with Gasteiger partial charge in [-0.25, -0.2) is 4.79 Å². The SMILES string of the molecule is C=C(/C=C\C=C(/C)O[C@H]1CC[C@H](Nc2ccc([N+](=O)[O-])c(C(F)(F)F)c2)CC1)N1CCN(C(=O)Nc2ccc(C(F)(F)F)cc2)CC1. The Morgan fingerprint density at radius 3 is 2.11 bits per heavy atom. The molecule has 9 nitrogen and oxygen atoms in total. The lowest BCUT2D eigenvalue weighted by Crippen LogP contribution is -2.49. The highest BCUT2D eigenvalue weighted by Crippen LogP contribution is 2.38. The molecule has 0 unspecified atom stereocenters. The number of benzene rings is 2. The first-order chi connectivity index (χ1) is 22.1. The molecule has 1 heterocycles. The first-order valence-electron chi connectivity index (χ1n) is 14.9. The lowest BCUT2D eigenvalue weighted by atomic mass is 9.92. The van der Waals surface area contributed by atoms with Crippen molar-refractivity contribution in [3.05, 3.63) is 100.0 Å². The monoisotopic (exact) mass is 667 g/mol. The maximum atomic E-state index is 13.3. The quantitative estimate of drug-likeness (QED) is 0.0920. The number of nitro benzene ring substituents is 1. The Morgan fingerprint density at radius 2 is 1.53 bits per heavy atom. The van der Waals surface area contributed by atoms with Gasteiger partial charge in [-0.05, 0) is 81.2 Å². The number of piperazine rings is 1. The average molecular weight is 668 g/mol. The minimum Gasteiger partial charge on any atom is -0.495 e. The first-order valence-corrected chi connectivity index (χ1v) is 14.9. The smallest absolute Gasteiger partial charge is 0.423 e. The number of halogens is 6. The van der Waals surface area contributed by atoms with E-state index in [2.05, 4.69) is 17.2 Å². The maximum Gasteiger partial charge on any atom is 0.423 e. The van der Waals surface area contributed by atoms with Crippen LogP contribution >= 0.6 is 0 Å². The second kappa shape index (κ2) is 14.8. The summed E-state index contributed by atoms with van der Waals surface area (Å²) in [4.78, 5) is 26.1. The van der Waals surface area contributed by atoms with E-state index in [0.717, 1.165) is 30.0 Å². The fraction of sp³-hybridized carbons (Fsp3) is 0.406. The Labute approximate surface area is 267 Å². The molecule has 1 aliphatic carbocycles. The van der Waals surface area contributed by atoms with Crippen molar-refractivity contribution in [1.82, 2.24) is 9.80 Å². The third kappa shape index (κ3) is 9.90. The van der Waals surface area contributed by atoms with Gasteiger partial charge in [0.15, 0.2) is 0 Å². The van der Waals surface area contributed by atoms with Crippen LogP contribution in [0.3, 0.4) is 0 Å². The van der Waals surface area contributed by atoms with E-state index < -0.39 is 40.1 Å². The molecule has 2 aromatic rings. The summed E-state index contributed by atoms with van der Waals surface area (Å²) in [6.07, 6.45) is -1.27. The van der Waals surface area contributed by atoms with Crippen LogP contribution in [0.4, 0.5) is 48.2 Å². The molecule has 2 aromatic carbocycles. The predicted octanol–water partition coefficient (Wildman–Crippen LogP) is 8.20. The Kier molecular flexibility index (Phi) is 11.1. The van der Waals surface area contributed by atoms with Gasteiger partial charge in [0, 0.05) is 55.4 Å². The Morgan fingerprint density at radius 1 is 0.936 bits per heavy atom. The number of allylic oxidation sites excluding steroid dienone is 4. The fourth-order valence-corrected chi connectivity index (χ4v) is 5.42. The number of urea groups is 1. The van der Waals surface area contributed by atoms with E-state index >= 15 is 0 Å². The Bertz CT molecular complexity index is 1490. The van der Waals surface area contributed by atoms with Crippen molar-refractivity contribution in [3.63, 3.8) is 0 Å². The highest BCUT2D eigenvalue weighted by molar-refractivity contribution is 5.89. The lowest BCUT2D eigenvalue weighted by Gasteiger charge is -2.36. The van der Waals surface area contributed by atoms with Crippen LogP contribution in [0.25, 0.3) is 0 Å². The van der Waals surface area contributed by atoms with Crippen LogP contribution in [-0.2, 0) is 17.1 Å². The number of nitro groups is 1. The van der Waals surface area contributed by atoms with Gasteiger partial charge < -0.3 is 25.2 Å². The average Bonchev–Trinajstić information content (AvgIpc) is 3.01. The molecule has 0 spiro atoms. The predicted molar refractivity (Wildman–Crippen MR) is 164 cm³/mol. The molecule has 2 N–H and O–H groups in total. The van der Waals surface area contributed by atoms with Gasteiger partial charge in [-0.2, -0.15) is 26.3 Å². The largest absolute Gasteiger partial charge is 0.495 e. The van der Waals surface area contributed by atoms with E-state index in [1.807, 2.05) is 17.9 Å². The van der Waals surface area contributed by atoms with Gasteiger partial charge in [-0.15, -0.1) is 0 Å². The Hall–Kier alpha value is -4.69. The fourth-order valence-electron chi connectivity index (χ4n) is 5.42. The standard InChI is InChI=1S/C32H35F6N5O4/c1-21(41-16-18-42(19-17-41)30(44)40-25-8-6-23(7-9-25)31(33,34)35)4-3-5-22(2)47-27-13-10-24(11-14-27)39-26-12-15-29(43(45)46)28(20-26)32(36,37)38/h3-9,12,15,20,24,27,39H,1,10-11,13-14,16-19H2,2H3,(H,40,44)/b4-3-,22-5+/t24-,27-. The van der Waals surface area contributed by atoms with E-state index in [1.165, 1.54) is 18.2 Å². The molecule has 4 rings (SSSR count). The van der Waals surface area contributed by atoms with Crippen molar-refractivity contribution >= 4 is 23.1 Å². The summed E-state index contributed by atoms with van der Waals surface area (Å²) >= 11 is 0. The topological polar surface area (TPSA) is 100.0 Å². The van der Waals surface area contributed by atoms with Crippen molar-refractivity contribution in [2.75, 3.05) is 36.8 Å². The number of amides is 2. The zero-order valence-corrected chi connectivity index (χ0v) is 25.5. The molecule has 0 bridgehead atoms. The zero-order chi connectivity index (χ0) is 34.4. The molecule has 1 aliphatic heterocycles. The van der Waals surface area contributed by atoms with Gasteiger partial charge >= 0.3 is 18.4 Å². The minimum absolute atomic E-state index is 0.0645. The molecular weight excluding hydrogens is 632 g/mol. The molecule has 1 saturated carbocycles. The molecule has 0 aromatic heterocycles. The molecule has 47 heavy (non-hydrogen) atoms. The number of nitrogens with zero attached hydrogens (tertiary/aromatic N) is 3. The van der Waals surface area contributed by atoms with E-state index in [0.29, 0.717) is 57.6 Å². The summed E-state index contributed by atoms with van der Waals surface area (Å²) in [5, 5.41) is 16.7. The number of hydrogen-bond acceptors (Lipinski definition) is 6. The van der Waals surface area contributed by atoms with E-state index in [4.69, 9.17) is 4.74 Å². The normalized spacial score (nSPS) is 19.4. The van der Waals surface area contributed by atoms with Crippen LogP contribution in [0.2, 0.25) is 0 Å². The van der Waals surface area contributed by atoms with Crippen LogP contribution in [0.15, 0.2) is 78.7 Å². The number of alkyl halides is 6. The number of carbonyl (C=O) groups excluding carboxylic acids is 1. The number of hydrogen-bond donors (Lipinski definition) is 2. The lowest BCUT2D eigenvalue weighted by molar-refractivity contribution is -0.388. The molecule has 0 atom stereocenters.